The summed E-state index contributed by atoms with van der Waals surface area (Å²) in [4.78, 5) is 6.84. The van der Waals surface area contributed by atoms with Gasteiger partial charge in [-0.2, -0.15) is 0 Å². The standard InChI is InChI=1S/C15H18N4O/c1-2-12(15-13(3-1)16-5-9-20-15)10-18-7-8-19-6-4-17-14(19)11-18/h1-4,6,16H,5,7-11H2. The van der Waals surface area contributed by atoms with Gasteiger partial charge in [0.25, 0.3) is 0 Å². The Labute approximate surface area is 118 Å². The fourth-order valence-corrected chi connectivity index (χ4v) is 2.96. The van der Waals surface area contributed by atoms with Crippen LogP contribution >= 0.6 is 0 Å². The third kappa shape index (κ3) is 2.04. The molecule has 0 unspecified atom stereocenters. The number of nitrogens with one attached hydrogen (secondary N) is 1. The number of hydrogen-bond donors (Lipinski definition) is 1. The highest BCUT2D eigenvalue weighted by Crippen LogP contribution is 2.32. The minimum Gasteiger partial charge on any atom is -0.489 e. The molecule has 4 rings (SSSR count). The molecular weight excluding hydrogens is 252 g/mol. The zero-order valence-electron chi connectivity index (χ0n) is 11.4. The number of hydrogen-bond acceptors (Lipinski definition) is 4. The minimum absolute atomic E-state index is 0.744. The fraction of sp³-hybridized carbons (Fsp3) is 0.400. The van der Waals surface area contributed by atoms with E-state index >= 15 is 0 Å². The molecule has 20 heavy (non-hydrogen) atoms. The first-order valence-corrected chi connectivity index (χ1v) is 7.11. The third-order valence-electron chi connectivity index (χ3n) is 3.98. The Morgan fingerprint density at radius 2 is 2.30 bits per heavy atom. The number of imidazole rings is 1. The molecule has 0 radical (unpaired) electrons. The highest BCUT2D eigenvalue weighted by molar-refractivity contribution is 5.61. The molecule has 2 aromatic rings. The third-order valence-corrected chi connectivity index (χ3v) is 3.98. The predicted molar refractivity (Wildman–Crippen MR) is 76.8 cm³/mol. The van der Waals surface area contributed by atoms with Gasteiger partial charge in [0, 0.05) is 44.1 Å². The Hall–Kier alpha value is -2.01. The van der Waals surface area contributed by atoms with E-state index in [2.05, 4.69) is 44.2 Å². The molecule has 0 saturated carbocycles. The van der Waals surface area contributed by atoms with Crippen LogP contribution in [0, 0.1) is 0 Å². The number of ether oxygens (including phenoxy) is 1. The quantitative estimate of drug-likeness (QED) is 0.902. The molecule has 0 aliphatic carbocycles. The van der Waals surface area contributed by atoms with E-state index in [4.69, 9.17) is 4.74 Å². The summed E-state index contributed by atoms with van der Waals surface area (Å²) in [5.41, 5.74) is 2.38. The summed E-state index contributed by atoms with van der Waals surface area (Å²) in [5.74, 6) is 2.17. The lowest BCUT2D eigenvalue weighted by Crippen LogP contribution is -2.33. The Morgan fingerprint density at radius 3 is 3.30 bits per heavy atom. The number of benzene rings is 1. The van der Waals surface area contributed by atoms with Gasteiger partial charge in [-0.05, 0) is 6.07 Å². The average Bonchev–Trinajstić information content (AvgIpc) is 2.95. The first-order chi connectivity index (χ1) is 9.90. The van der Waals surface area contributed by atoms with Crippen LogP contribution in [-0.4, -0.2) is 34.1 Å². The van der Waals surface area contributed by atoms with E-state index < -0.39 is 0 Å². The molecule has 0 amide bonds. The van der Waals surface area contributed by atoms with Crippen molar-refractivity contribution in [1.29, 1.82) is 0 Å². The van der Waals surface area contributed by atoms with Gasteiger partial charge in [-0.15, -0.1) is 0 Å². The van der Waals surface area contributed by atoms with E-state index in [1.165, 1.54) is 5.56 Å². The first kappa shape index (κ1) is 11.8. The molecule has 0 bridgehead atoms. The van der Waals surface area contributed by atoms with E-state index in [0.717, 1.165) is 56.6 Å². The highest BCUT2D eigenvalue weighted by Gasteiger charge is 2.20. The molecule has 1 N–H and O–H groups in total. The van der Waals surface area contributed by atoms with E-state index in [-0.39, 0.29) is 0 Å². The van der Waals surface area contributed by atoms with Crippen LogP contribution in [0.3, 0.4) is 0 Å². The van der Waals surface area contributed by atoms with Crippen LogP contribution in [0.15, 0.2) is 30.6 Å². The smallest absolute Gasteiger partial charge is 0.146 e. The zero-order valence-corrected chi connectivity index (χ0v) is 11.4. The molecule has 5 heteroatoms. The van der Waals surface area contributed by atoms with Crippen LogP contribution in [0.2, 0.25) is 0 Å². The van der Waals surface area contributed by atoms with Crippen molar-refractivity contribution in [2.24, 2.45) is 0 Å². The second-order valence-electron chi connectivity index (χ2n) is 5.32. The number of fused-ring (bicyclic) bond motifs is 2. The van der Waals surface area contributed by atoms with Crippen LogP contribution in [0.1, 0.15) is 11.4 Å². The van der Waals surface area contributed by atoms with Crippen molar-refractivity contribution >= 4 is 5.69 Å². The Balaban J connectivity index is 1.55. The maximum Gasteiger partial charge on any atom is 0.146 e. The second kappa shape index (κ2) is 4.83. The van der Waals surface area contributed by atoms with E-state index in [1.54, 1.807) is 0 Å². The molecule has 1 aromatic heterocycles. The summed E-state index contributed by atoms with van der Waals surface area (Å²) in [6.45, 7) is 5.53. The van der Waals surface area contributed by atoms with Gasteiger partial charge in [-0.1, -0.05) is 12.1 Å². The van der Waals surface area contributed by atoms with Crippen molar-refractivity contribution in [1.82, 2.24) is 14.5 Å². The molecular formula is C15H18N4O. The zero-order chi connectivity index (χ0) is 13.4. The average molecular weight is 270 g/mol. The summed E-state index contributed by atoms with van der Waals surface area (Å²) in [6, 6.07) is 6.34. The number of anilines is 1. The van der Waals surface area contributed by atoms with Gasteiger partial charge in [0.1, 0.15) is 18.2 Å². The normalized spacial score (nSPS) is 17.8. The van der Waals surface area contributed by atoms with Gasteiger partial charge in [0.05, 0.1) is 12.2 Å². The summed E-state index contributed by atoms with van der Waals surface area (Å²) in [7, 11) is 0. The molecule has 104 valence electrons. The van der Waals surface area contributed by atoms with Crippen molar-refractivity contribution in [3.8, 4) is 5.75 Å². The highest BCUT2D eigenvalue weighted by atomic mass is 16.5. The fourth-order valence-electron chi connectivity index (χ4n) is 2.96. The van der Waals surface area contributed by atoms with Gasteiger partial charge >= 0.3 is 0 Å². The summed E-state index contributed by atoms with van der Waals surface area (Å²) < 4.78 is 8.07. The Kier molecular flexibility index (Phi) is 2.85. The van der Waals surface area contributed by atoms with Crippen molar-refractivity contribution in [2.75, 3.05) is 25.0 Å². The van der Waals surface area contributed by atoms with Gasteiger partial charge in [-0.3, -0.25) is 4.90 Å². The number of aromatic nitrogens is 2. The Morgan fingerprint density at radius 1 is 1.30 bits per heavy atom. The van der Waals surface area contributed by atoms with Crippen molar-refractivity contribution in [2.45, 2.75) is 19.6 Å². The number of para-hydroxylation sites is 1. The molecule has 2 aliphatic heterocycles. The van der Waals surface area contributed by atoms with Crippen LogP contribution in [-0.2, 0) is 19.6 Å². The molecule has 5 nitrogen and oxygen atoms in total. The number of nitrogens with zero attached hydrogens (tertiary/aromatic N) is 3. The number of rotatable bonds is 2. The molecule has 2 aliphatic rings. The van der Waals surface area contributed by atoms with Gasteiger partial charge < -0.3 is 14.6 Å². The maximum atomic E-state index is 5.84. The lowest BCUT2D eigenvalue weighted by Gasteiger charge is -2.29. The van der Waals surface area contributed by atoms with Crippen molar-refractivity contribution < 1.29 is 4.74 Å². The Bertz CT molecular complexity index is 622. The molecule has 0 fully saturated rings. The summed E-state index contributed by atoms with van der Waals surface area (Å²) in [5, 5.41) is 3.39. The van der Waals surface area contributed by atoms with Crippen molar-refractivity contribution in [3.63, 3.8) is 0 Å². The molecule has 1 aromatic carbocycles. The molecule has 0 spiro atoms. The summed E-state index contributed by atoms with van der Waals surface area (Å²) in [6.07, 6.45) is 3.94. The topological polar surface area (TPSA) is 42.3 Å². The maximum absolute atomic E-state index is 5.84. The van der Waals surface area contributed by atoms with Crippen LogP contribution in [0.4, 0.5) is 5.69 Å². The minimum atomic E-state index is 0.744. The lowest BCUT2D eigenvalue weighted by molar-refractivity contribution is 0.204. The van der Waals surface area contributed by atoms with Gasteiger partial charge in [0.2, 0.25) is 0 Å². The van der Waals surface area contributed by atoms with Gasteiger partial charge in [0.15, 0.2) is 0 Å². The van der Waals surface area contributed by atoms with Gasteiger partial charge in [-0.25, -0.2) is 4.98 Å². The largest absolute Gasteiger partial charge is 0.489 e. The molecule has 0 atom stereocenters. The first-order valence-electron chi connectivity index (χ1n) is 7.11. The summed E-state index contributed by atoms with van der Waals surface area (Å²) >= 11 is 0. The lowest BCUT2D eigenvalue weighted by atomic mass is 10.1. The predicted octanol–water partition coefficient (Wildman–Crippen LogP) is 1.70. The van der Waals surface area contributed by atoms with Crippen LogP contribution in [0.25, 0.3) is 0 Å². The monoisotopic (exact) mass is 270 g/mol. The molecule has 3 heterocycles. The molecule has 0 saturated heterocycles. The van der Waals surface area contributed by atoms with E-state index in [9.17, 15) is 0 Å². The second-order valence-corrected chi connectivity index (χ2v) is 5.32. The van der Waals surface area contributed by atoms with Crippen molar-refractivity contribution in [3.05, 3.63) is 42.0 Å². The van der Waals surface area contributed by atoms with E-state index in [0.29, 0.717) is 0 Å². The van der Waals surface area contributed by atoms with Crippen LogP contribution < -0.4 is 10.1 Å². The SMILES string of the molecule is c1cc(CN2CCn3ccnc3C2)c2c(c1)NCCO2. The van der Waals surface area contributed by atoms with E-state index in [1.807, 2.05) is 6.20 Å². The van der Waals surface area contributed by atoms with Crippen LogP contribution in [0.5, 0.6) is 5.75 Å².